The molecular weight excluding hydrogens is 905 g/mol. The predicted molar refractivity (Wildman–Crippen MR) is 261 cm³/mol. The molecule has 0 aliphatic carbocycles. The van der Waals surface area contributed by atoms with Crippen molar-refractivity contribution in [3.8, 4) is 33.4 Å². The van der Waals surface area contributed by atoms with E-state index in [9.17, 15) is 13.2 Å². The highest BCUT2D eigenvalue weighted by atomic mass is 79.9. The summed E-state index contributed by atoms with van der Waals surface area (Å²) in [5, 5.41) is 12.3. The van der Waals surface area contributed by atoms with Crippen molar-refractivity contribution >= 4 is 54.5 Å². The second-order valence-electron chi connectivity index (χ2n) is 18.4. The monoisotopic (exact) mass is 960 g/mol. The van der Waals surface area contributed by atoms with Crippen LogP contribution < -0.4 is 15.1 Å². The van der Waals surface area contributed by atoms with Crippen molar-refractivity contribution in [3.05, 3.63) is 114 Å². The van der Waals surface area contributed by atoms with E-state index in [-0.39, 0.29) is 18.2 Å². The number of sulfone groups is 1. The largest absolute Gasteiger partial charge is 0.444 e. The van der Waals surface area contributed by atoms with Crippen LogP contribution in [0.5, 0.6) is 0 Å². The third-order valence-electron chi connectivity index (χ3n) is 11.9. The highest BCUT2D eigenvalue weighted by molar-refractivity contribution is 9.10. The van der Waals surface area contributed by atoms with Crippen molar-refractivity contribution in [1.82, 2.24) is 39.4 Å². The van der Waals surface area contributed by atoms with Gasteiger partial charge in [0.2, 0.25) is 0 Å². The van der Waals surface area contributed by atoms with E-state index < -0.39 is 15.4 Å². The van der Waals surface area contributed by atoms with Gasteiger partial charge in [-0.3, -0.25) is 0 Å². The number of benzene rings is 3. The molecule has 65 heavy (non-hydrogen) atoms. The second kappa shape index (κ2) is 18.2. The zero-order valence-corrected chi connectivity index (χ0v) is 40.8. The van der Waals surface area contributed by atoms with Gasteiger partial charge >= 0.3 is 6.09 Å². The lowest BCUT2D eigenvalue weighted by molar-refractivity contribution is 0.0193. The Hall–Kier alpha value is -5.84. The number of carbonyl (C=O) groups is 1. The molecule has 16 heteroatoms. The number of halogens is 1. The van der Waals surface area contributed by atoms with Gasteiger partial charge in [-0.2, -0.15) is 10.2 Å². The van der Waals surface area contributed by atoms with Crippen molar-refractivity contribution in [1.29, 1.82) is 0 Å². The van der Waals surface area contributed by atoms with Gasteiger partial charge < -0.3 is 24.8 Å². The van der Waals surface area contributed by atoms with Gasteiger partial charge in [-0.05, 0) is 130 Å². The van der Waals surface area contributed by atoms with Crippen LogP contribution in [0.2, 0.25) is 0 Å². The van der Waals surface area contributed by atoms with Gasteiger partial charge in [-0.15, -0.1) is 0 Å². The first-order chi connectivity index (χ1) is 30.8. The number of anilines is 2. The Kier molecular flexibility index (Phi) is 12.8. The minimum absolute atomic E-state index is 0.182. The van der Waals surface area contributed by atoms with Crippen LogP contribution in [0.25, 0.3) is 44.7 Å². The Bertz CT molecular complexity index is 2930. The molecule has 2 fully saturated rings. The summed E-state index contributed by atoms with van der Waals surface area (Å²) >= 11 is 3.46. The Morgan fingerprint density at radius 2 is 1.20 bits per heavy atom. The number of aryl methyl sites for hydroxylation is 1. The number of rotatable bonds is 6. The smallest absolute Gasteiger partial charge is 0.410 e. The maximum absolute atomic E-state index is 12.5. The topological polar surface area (TPSA) is 143 Å². The molecule has 3 aromatic carbocycles. The summed E-state index contributed by atoms with van der Waals surface area (Å²) < 4.78 is 34.1. The number of aromatic nitrogens is 6. The molecule has 0 saturated carbocycles. The highest BCUT2D eigenvalue weighted by Gasteiger charge is 2.34. The lowest BCUT2D eigenvalue weighted by atomic mass is 10.0. The fourth-order valence-corrected chi connectivity index (χ4v) is 10.1. The van der Waals surface area contributed by atoms with Gasteiger partial charge in [0.1, 0.15) is 5.60 Å². The zero-order valence-electron chi connectivity index (χ0n) is 38.4. The summed E-state index contributed by atoms with van der Waals surface area (Å²) in [5.74, 6) is 0. The predicted octanol–water partition coefficient (Wildman–Crippen LogP) is 8.95. The normalized spacial score (nSPS) is 19.3. The number of nitrogens with one attached hydrogen (secondary N) is 1. The van der Waals surface area contributed by atoms with Gasteiger partial charge in [0.05, 0.1) is 21.8 Å². The van der Waals surface area contributed by atoms with Crippen molar-refractivity contribution in [2.24, 2.45) is 0 Å². The Morgan fingerprint density at radius 1 is 0.692 bits per heavy atom. The molecule has 6 heterocycles. The SMILES string of the molecule is C[C@@H]1CN(C(=O)OC(C)(C)C)C[C@H](C)N1c1ccc(-c2cnc3c(Br)cnn3c2)cc1.Cc1cc(-c2cnn3cc(-c4ccc(N5[C@H](C)CNC[C@@H]5C)cc4)cnc23)cc(S(C)(=O)=O)c1. The lowest BCUT2D eigenvalue weighted by Crippen LogP contribution is -2.58. The first kappa shape index (κ1) is 45.7. The van der Waals surface area contributed by atoms with Gasteiger partial charge in [0.25, 0.3) is 0 Å². The van der Waals surface area contributed by atoms with Gasteiger partial charge in [0, 0.05) is 109 Å². The van der Waals surface area contributed by atoms with Gasteiger partial charge in [-0.1, -0.05) is 30.3 Å². The summed E-state index contributed by atoms with van der Waals surface area (Å²) in [6, 6.07) is 23.7. The Balaban J connectivity index is 0.000000178. The maximum atomic E-state index is 12.5. The number of fused-ring (bicyclic) bond motifs is 2. The first-order valence-corrected chi connectivity index (χ1v) is 24.6. The average molecular weight is 962 g/mol. The van der Waals surface area contributed by atoms with Crippen LogP contribution in [0.15, 0.2) is 113 Å². The molecule has 7 aromatic rings. The minimum atomic E-state index is -3.31. The van der Waals surface area contributed by atoms with Crippen LogP contribution in [-0.4, -0.2) is 111 Å². The summed E-state index contributed by atoms with van der Waals surface area (Å²) in [5.41, 5.74) is 9.96. The number of ether oxygens (including phenoxy) is 1. The first-order valence-electron chi connectivity index (χ1n) is 21.9. The Morgan fingerprint density at radius 3 is 1.74 bits per heavy atom. The molecule has 2 saturated heterocycles. The molecule has 0 spiro atoms. The van der Waals surface area contributed by atoms with E-state index in [0.29, 0.717) is 35.7 Å². The fourth-order valence-electron chi connectivity index (χ4n) is 8.94. The van der Waals surface area contributed by atoms with E-state index in [1.54, 1.807) is 33.6 Å². The number of amides is 1. The molecule has 1 amide bonds. The Labute approximate surface area is 389 Å². The van der Waals surface area contributed by atoms with Crippen molar-refractivity contribution < 1.29 is 17.9 Å². The molecule has 0 bridgehead atoms. The summed E-state index contributed by atoms with van der Waals surface area (Å²) in [6.07, 6.45) is 12.1. The molecular formula is C49H57BrN10O4S. The molecule has 340 valence electrons. The second-order valence-corrected chi connectivity index (χ2v) is 21.3. The van der Waals surface area contributed by atoms with Crippen LogP contribution in [0, 0.1) is 6.92 Å². The average Bonchev–Trinajstić information content (AvgIpc) is 3.85. The molecule has 9 rings (SSSR count). The van der Waals surface area contributed by atoms with Crippen LogP contribution in [0.1, 0.15) is 54.0 Å². The quantitative estimate of drug-likeness (QED) is 0.171. The van der Waals surface area contributed by atoms with Crippen molar-refractivity contribution in [3.63, 3.8) is 0 Å². The molecule has 2 aliphatic rings. The summed E-state index contributed by atoms with van der Waals surface area (Å²) in [7, 11) is -3.31. The van der Waals surface area contributed by atoms with Crippen LogP contribution in [0.3, 0.4) is 0 Å². The molecule has 0 radical (unpaired) electrons. The number of carbonyl (C=O) groups excluding carboxylic acids is 1. The van der Waals surface area contributed by atoms with Gasteiger partial charge in [-0.25, -0.2) is 32.2 Å². The van der Waals surface area contributed by atoms with E-state index in [4.69, 9.17) is 4.74 Å². The minimum Gasteiger partial charge on any atom is -0.444 e. The molecule has 4 atom stereocenters. The maximum Gasteiger partial charge on any atom is 0.410 e. The number of hydrogen-bond donors (Lipinski definition) is 1. The zero-order chi connectivity index (χ0) is 46.4. The van der Waals surface area contributed by atoms with E-state index in [2.05, 4.69) is 127 Å². The van der Waals surface area contributed by atoms with E-state index in [1.165, 1.54) is 11.9 Å². The molecule has 1 N–H and O–H groups in total. The molecule has 2 aliphatic heterocycles. The number of hydrogen-bond acceptors (Lipinski definition) is 11. The number of piperazine rings is 2. The van der Waals surface area contributed by atoms with Crippen LogP contribution in [-0.2, 0) is 14.6 Å². The van der Waals surface area contributed by atoms with Crippen LogP contribution >= 0.6 is 15.9 Å². The van der Waals surface area contributed by atoms with Crippen molar-refractivity contribution in [2.75, 3.05) is 42.2 Å². The molecule has 4 aromatic heterocycles. The third kappa shape index (κ3) is 10.0. The lowest BCUT2D eigenvalue weighted by Gasteiger charge is -2.45. The molecule has 0 unspecified atom stereocenters. The van der Waals surface area contributed by atoms with E-state index in [1.807, 2.05) is 63.4 Å². The van der Waals surface area contributed by atoms with Gasteiger partial charge in [0.15, 0.2) is 21.1 Å². The summed E-state index contributed by atoms with van der Waals surface area (Å²) in [4.78, 5) is 28.6. The van der Waals surface area contributed by atoms with E-state index >= 15 is 0 Å². The van der Waals surface area contributed by atoms with Crippen LogP contribution in [0.4, 0.5) is 16.2 Å². The highest BCUT2D eigenvalue weighted by Crippen LogP contribution is 2.32. The third-order valence-corrected chi connectivity index (χ3v) is 13.5. The molecule has 14 nitrogen and oxygen atoms in total. The number of nitrogens with zero attached hydrogens (tertiary/aromatic N) is 9. The van der Waals surface area contributed by atoms with Crippen molar-refractivity contribution in [2.45, 2.75) is 90.1 Å². The van der Waals surface area contributed by atoms with E-state index in [0.717, 1.165) is 67.8 Å². The fraction of sp³-hybridized carbons (Fsp3) is 0.367. The summed E-state index contributed by atoms with van der Waals surface area (Å²) in [6.45, 7) is 19.6. The standard InChI is InChI=1S/C26H29N5O2S.C23H28BrN5O2/c1-17-9-21(11-24(10-17)34(4,32)33)25-15-29-30-16-22(14-28-26(25)30)20-5-7-23(8-6-20)31-18(2)12-27-13-19(31)3;1-15-12-27(22(30)31-23(3,4)5)13-16(2)29(15)19-8-6-17(7-9-19)18-10-25-21-20(24)11-26-28(21)14-18/h5-11,14-16,18-19,27H,12-13H2,1-4H3;6-11,14-16H,12-13H2,1-5H3/t18-,19+;15-,16+.